The van der Waals surface area contributed by atoms with Crippen LogP contribution in [0.15, 0.2) is 28.8 Å². The molecule has 0 aliphatic heterocycles. The van der Waals surface area contributed by atoms with Crippen molar-refractivity contribution in [1.82, 2.24) is 0 Å². The fourth-order valence-electron chi connectivity index (χ4n) is 0.814. The second-order valence-corrected chi connectivity index (χ2v) is 4.27. The Labute approximate surface area is 106 Å². The minimum absolute atomic E-state index is 0.346. The summed E-state index contributed by atoms with van der Waals surface area (Å²) in [5.74, 6) is -0.121. The summed E-state index contributed by atoms with van der Waals surface area (Å²) < 4.78 is 5.36. The maximum absolute atomic E-state index is 11.3. The number of hydrogen-bond donors (Lipinski definition) is 0. The molecule has 0 radical (unpaired) electrons. The van der Waals surface area contributed by atoms with Crippen molar-refractivity contribution in [2.24, 2.45) is 0 Å². The van der Waals surface area contributed by atoms with Crippen LogP contribution in [0.5, 0.6) is 5.75 Å². The van der Waals surface area contributed by atoms with Crippen molar-refractivity contribution in [3.05, 3.63) is 38.8 Å². The Kier molecular flexibility index (Phi) is 4.64. The normalized spacial score (nSPS) is 11.3. The summed E-state index contributed by atoms with van der Waals surface area (Å²) in [5.41, 5.74) is 0. The number of esters is 1. The maximum atomic E-state index is 11.3. The SMILES string of the molecule is C/C=C(\Br)C(=O)Oc1ccc(Cl)c(Cl)c1. The highest BCUT2D eigenvalue weighted by Gasteiger charge is 2.09. The molecule has 5 heteroatoms. The highest BCUT2D eigenvalue weighted by molar-refractivity contribution is 9.12. The Balaban J connectivity index is 2.82. The van der Waals surface area contributed by atoms with Gasteiger partial charge in [0.1, 0.15) is 5.75 Å². The van der Waals surface area contributed by atoms with Crippen LogP contribution in [0.2, 0.25) is 10.0 Å². The molecule has 0 spiro atoms. The summed E-state index contributed by atoms with van der Waals surface area (Å²) in [5, 5.41) is 0.764. The van der Waals surface area contributed by atoms with Crippen LogP contribution in [0, 0.1) is 0 Å². The molecule has 15 heavy (non-hydrogen) atoms. The van der Waals surface area contributed by atoms with Crippen LogP contribution in [-0.2, 0) is 4.79 Å². The second kappa shape index (κ2) is 5.54. The first kappa shape index (κ1) is 12.6. The van der Waals surface area contributed by atoms with E-state index in [4.69, 9.17) is 27.9 Å². The van der Waals surface area contributed by atoms with E-state index in [0.29, 0.717) is 20.3 Å². The van der Waals surface area contributed by atoms with Gasteiger partial charge in [-0.15, -0.1) is 0 Å². The van der Waals surface area contributed by atoms with Crippen LogP contribution in [0.3, 0.4) is 0 Å². The Hall–Kier alpha value is -0.510. The summed E-state index contributed by atoms with van der Waals surface area (Å²) >= 11 is 14.5. The van der Waals surface area contributed by atoms with Gasteiger partial charge in [-0.2, -0.15) is 0 Å². The fraction of sp³-hybridized carbons (Fsp3) is 0.100. The number of ether oxygens (including phenoxy) is 1. The number of allylic oxidation sites excluding steroid dienone is 1. The van der Waals surface area contributed by atoms with Crippen molar-refractivity contribution in [1.29, 1.82) is 0 Å². The number of rotatable bonds is 2. The first-order chi connectivity index (χ1) is 7.04. The summed E-state index contributed by atoms with van der Waals surface area (Å²) in [4.78, 5) is 11.3. The van der Waals surface area contributed by atoms with Gasteiger partial charge in [-0.05, 0) is 35.0 Å². The number of carbonyl (C=O) groups is 1. The van der Waals surface area contributed by atoms with Gasteiger partial charge in [0.25, 0.3) is 0 Å². The molecule has 0 saturated carbocycles. The molecule has 1 rings (SSSR count). The van der Waals surface area contributed by atoms with Crippen LogP contribution in [0.25, 0.3) is 0 Å². The van der Waals surface area contributed by atoms with Crippen LogP contribution in [0.1, 0.15) is 6.92 Å². The molecule has 0 unspecified atom stereocenters. The predicted molar refractivity (Wildman–Crippen MR) is 64.8 cm³/mol. The molecule has 0 saturated heterocycles. The Morgan fingerprint density at radius 1 is 1.40 bits per heavy atom. The standard InChI is InChI=1S/C10H7BrCl2O2/c1-2-7(11)10(14)15-6-3-4-8(12)9(13)5-6/h2-5H,1H3/b7-2-. The largest absolute Gasteiger partial charge is 0.423 e. The summed E-state index contributed by atoms with van der Waals surface area (Å²) in [6, 6.07) is 4.62. The molecule has 0 amide bonds. The van der Waals surface area contributed by atoms with Crippen molar-refractivity contribution in [2.45, 2.75) is 6.92 Å². The minimum Gasteiger partial charge on any atom is -0.423 e. The van der Waals surface area contributed by atoms with E-state index in [1.807, 2.05) is 0 Å². The van der Waals surface area contributed by atoms with Crippen LogP contribution < -0.4 is 4.74 Å². The van der Waals surface area contributed by atoms with Gasteiger partial charge in [-0.1, -0.05) is 29.3 Å². The molecule has 1 aromatic rings. The predicted octanol–water partition coefficient (Wildman–Crippen LogP) is 4.20. The van der Waals surface area contributed by atoms with Crippen molar-refractivity contribution < 1.29 is 9.53 Å². The topological polar surface area (TPSA) is 26.3 Å². The fourth-order valence-corrected chi connectivity index (χ4v) is 1.18. The van der Waals surface area contributed by atoms with Gasteiger partial charge < -0.3 is 4.74 Å². The number of halogens is 3. The van der Waals surface area contributed by atoms with Gasteiger partial charge in [0.05, 0.1) is 14.5 Å². The van der Waals surface area contributed by atoms with E-state index in [1.165, 1.54) is 6.07 Å². The summed E-state index contributed by atoms with van der Waals surface area (Å²) in [6.45, 7) is 1.72. The monoisotopic (exact) mass is 308 g/mol. The molecule has 2 nitrogen and oxygen atoms in total. The zero-order valence-corrected chi connectivity index (χ0v) is 10.9. The Bertz CT molecular complexity index is 416. The quantitative estimate of drug-likeness (QED) is 0.465. The molecular formula is C10H7BrCl2O2. The lowest BCUT2D eigenvalue weighted by Crippen LogP contribution is -2.07. The Morgan fingerprint density at radius 2 is 2.07 bits per heavy atom. The molecule has 0 atom stereocenters. The van der Waals surface area contributed by atoms with Crippen LogP contribution in [0.4, 0.5) is 0 Å². The Morgan fingerprint density at radius 3 is 2.60 bits per heavy atom. The highest BCUT2D eigenvalue weighted by atomic mass is 79.9. The first-order valence-corrected chi connectivity index (χ1v) is 5.58. The third kappa shape index (κ3) is 3.52. The van der Waals surface area contributed by atoms with Gasteiger partial charge in [-0.3, -0.25) is 0 Å². The van der Waals surface area contributed by atoms with E-state index in [2.05, 4.69) is 15.9 Å². The second-order valence-electron chi connectivity index (χ2n) is 2.60. The van der Waals surface area contributed by atoms with Gasteiger partial charge >= 0.3 is 5.97 Å². The average Bonchev–Trinajstić information content (AvgIpc) is 2.22. The van der Waals surface area contributed by atoms with E-state index >= 15 is 0 Å². The van der Waals surface area contributed by atoms with Crippen molar-refractivity contribution >= 4 is 45.1 Å². The molecule has 0 bridgehead atoms. The van der Waals surface area contributed by atoms with E-state index in [0.717, 1.165) is 0 Å². The summed E-state index contributed by atoms with van der Waals surface area (Å²) in [7, 11) is 0. The molecule has 0 aliphatic rings. The van der Waals surface area contributed by atoms with Gasteiger partial charge in [0.15, 0.2) is 0 Å². The molecule has 80 valence electrons. The first-order valence-electron chi connectivity index (χ1n) is 4.03. The molecule has 0 N–H and O–H groups in total. The smallest absolute Gasteiger partial charge is 0.350 e. The number of hydrogen-bond acceptors (Lipinski definition) is 2. The minimum atomic E-state index is -0.476. The number of benzene rings is 1. The third-order valence-corrected chi connectivity index (χ3v) is 3.07. The zero-order valence-electron chi connectivity index (χ0n) is 7.76. The highest BCUT2D eigenvalue weighted by Crippen LogP contribution is 2.26. The van der Waals surface area contributed by atoms with E-state index < -0.39 is 5.97 Å². The van der Waals surface area contributed by atoms with E-state index in [-0.39, 0.29) is 0 Å². The lowest BCUT2D eigenvalue weighted by molar-refractivity contribution is -0.129. The van der Waals surface area contributed by atoms with Crippen LogP contribution in [-0.4, -0.2) is 5.97 Å². The lowest BCUT2D eigenvalue weighted by Gasteiger charge is -2.04. The average molecular weight is 310 g/mol. The molecule has 0 aliphatic carbocycles. The van der Waals surface area contributed by atoms with Crippen LogP contribution >= 0.6 is 39.1 Å². The molecule has 0 heterocycles. The van der Waals surface area contributed by atoms with E-state index in [1.54, 1.807) is 25.1 Å². The van der Waals surface area contributed by atoms with Gasteiger partial charge in [-0.25, -0.2) is 4.79 Å². The third-order valence-electron chi connectivity index (χ3n) is 1.55. The van der Waals surface area contributed by atoms with Crippen molar-refractivity contribution in [2.75, 3.05) is 0 Å². The van der Waals surface area contributed by atoms with Gasteiger partial charge in [0, 0.05) is 6.07 Å². The maximum Gasteiger partial charge on any atom is 0.350 e. The van der Waals surface area contributed by atoms with Gasteiger partial charge in [0.2, 0.25) is 0 Å². The van der Waals surface area contributed by atoms with Crippen molar-refractivity contribution in [3.63, 3.8) is 0 Å². The molecule has 1 aromatic carbocycles. The van der Waals surface area contributed by atoms with E-state index in [9.17, 15) is 4.79 Å². The molecule has 0 fully saturated rings. The van der Waals surface area contributed by atoms with Crippen molar-refractivity contribution in [3.8, 4) is 5.75 Å². The lowest BCUT2D eigenvalue weighted by atomic mass is 10.3. The summed E-state index contributed by atoms with van der Waals surface area (Å²) in [6.07, 6.45) is 1.60. The zero-order chi connectivity index (χ0) is 11.4. The number of carbonyl (C=O) groups excluding carboxylic acids is 1. The molecule has 0 aromatic heterocycles. The molecular weight excluding hydrogens is 303 g/mol.